The van der Waals surface area contributed by atoms with E-state index < -0.39 is 0 Å². The molecule has 1 aromatic carbocycles. The van der Waals surface area contributed by atoms with E-state index in [9.17, 15) is 9.59 Å². The summed E-state index contributed by atoms with van der Waals surface area (Å²) in [7, 11) is 0. The summed E-state index contributed by atoms with van der Waals surface area (Å²) in [6.07, 6.45) is 3.22. The van der Waals surface area contributed by atoms with Crippen molar-refractivity contribution in [3.05, 3.63) is 53.9 Å². The van der Waals surface area contributed by atoms with Gasteiger partial charge in [0.1, 0.15) is 0 Å². The van der Waals surface area contributed by atoms with Gasteiger partial charge in [0.15, 0.2) is 0 Å². The highest BCUT2D eigenvalue weighted by molar-refractivity contribution is 5.95. The molecule has 0 saturated heterocycles. The molecule has 25 heavy (non-hydrogen) atoms. The Bertz CT molecular complexity index is 725. The number of hydrogen-bond donors (Lipinski definition) is 1. The van der Waals surface area contributed by atoms with E-state index in [1.54, 1.807) is 54.5 Å². The molecule has 2 aromatic rings. The van der Waals surface area contributed by atoms with E-state index in [1.807, 2.05) is 13.8 Å². The lowest BCUT2D eigenvalue weighted by Crippen LogP contribution is -2.30. The van der Waals surface area contributed by atoms with Crippen LogP contribution in [0.3, 0.4) is 0 Å². The predicted molar refractivity (Wildman–Crippen MR) is 97.2 cm³/mol. The van der Waals surface area contributed by atoms with Crippen molar-refractivity contribution in [2.45, 2.75) is 20.8 Å². The summed E-state index contributed by atoms with van der Waals surface area (Å²) in [4.78, 5) is 29.9. The molecule has 0 radical (unpaired) electrons. The lowest BCUT2D eigenvalue weighted by Gasteiger charge is -2.18. The Balaban J connectivity index is 2.11. The van der Waals surface area contributed by atoms with Crippen LogP contribution < -0.4 is 5.32 Å². The zero-order valence-corrected chi connectivity index (χ0v) is 14.8. The van der Waals surface area contributed by atoms with Crippen LogP contribution >= 0.6 is 0 Å². The van der Waals surface area contributed by atoms with Gasteiger partial charge in [-0.25, -0.2) is 4.79 Å². The predicted octanol–water partition coefficient (Wildman–Crippen LogP) is 3.48. The van der Waals surface area contributed by atoms with Crippen LogP contribution in [-0.2, 0) is 4.74 Å². The third-order valence-electron chi connectivity index (χ3n) is 3.72. The highest BCUT2D eigenvalue weighted by Crippen LogP contribution is 2.18. The molecule has 0 atom stereocenters. The third-order valence-corrected chi connectivity index (χ3v) is 3.72. The van der Waals surface area contributed by atoms with E-state index in [0.29, 0.717) is 36.5 Å². The van der Waals surface area contributed by atoms with Crippen molar-refractivity contribution >= 4 is 23.3 Å². The molecule has 6 nitrogen and oxygen atoms in total. The molecule has 0 bridgehead atoms. The number of rotatable bonds is 7. The van der Waals surface area contributed by atoms with E-state index in [0.717, 1.165) is 5.69 Å². The van der Waals surface area contributed by atoms with Crippen LogP contribution in [0.25, 0.3) is 0 Å². The molecule has 0 aliphatic rings. The Labute approximate surface area is 147 Å². The van der Waals surface area contributed by atoms with Gasteiger partial charge in [-0.2, -0.15) is 0 Å². The SMILES string of the molecule is CCOC(=O)c1ccc(Nc2cncc(C(=O)N(CC)CC)c2)cc1. The summed E-state index contributed by atoms with van der Waals surface area (Å²) in [6.45, 7) is 7.32. The largest absolute Gasteiger partial charge is 0.462 e. The van der Waals surface area contributed by atoms with Gasteiger partial charge in [0.2, 0.25) is 0 Å². The van der Waals surface area contributed by atoms with Gasteiger partial charge in [0.05, 0.1) is 29.6 Å². The lowest BCUT2D eigenvalue weighted by atomic mass is 10.2. The fourth-order valence-electron chi connectivity index (χ4n) is 2.39. The first-order chi connectivity index (χ1) is 12.1. The fourth-order valence-corrected chi connectivity index (χ4v) is 2.39. The second kappa shape index (κ2) is 8.82. The third kappa shape index (κ3) is 4.79. The molecule has 2 rings (SSSR count). The molecule has 132 valence electrons. The van der Waals surface area contributed by atoms with Crippen LogP contribution in [0.5, 0.6) is 0 Å². The molecular formula is C19H23N3O3. The van der Waals surface area contributed by atoms with Gasteiger partial charge in [-0.15, -0.1) is 0 Å². The standard InChI is InChI=1S/C19H23N3O3/c1-4-22(5-2)18(23)15-11-17(13-20-12-15)21-16-9-7-14(8-10-16)19(24)25-6-3/h7-13,21H,4-6H2,1-3H3. The number of carbonyl (C=O) groups excluding carboxylic acids is 2. The Morgan fingerprint density at radius 1 is 1.00 bits per heavy atom. The van der Waals surface area contributed by atoms with Gasteiger partial charge in [0.25, 0.3) is 5.91 Å². The van der Waals surface area contributed by atoms with E-state index in [-0.39, 0.29) is 11.9 Å². The van der Waals surface area contributed by atoms with Crippen LogP contribution in [0, 0.1) is 0 Å². The van der Waals surface area contributed by atoms with Crippen molar-refractivity contribution in [2.24, 2.45) is 0 Å². The highest BCUT2D eigenvalue weighted by atomic mass is 16.5. The number of nitrogens with zero attached hydrogens (tertiary/aromatic N) is 2. The molecular weight excluding hydrogens is 318 g/mol. The van der Waals surface area contributed by atoms with Crippen molar-refractivity contribution in [3.63, 3.8) is 0 Å². The zero-order chi connectivity index (χ0) is 18.2. The smallest absolute Gasteiger partial charge is 0.338 e. The molecule has 1 heterocycles. The maximum Gasteiger partial charge on any atom is 0.338 e. The second-order valence-electron chi connectivity index (χ2n) is 5.36. The summed E-state index contributed by atoms with van der Waals surface area (Å²) >= 11 is 0. The number of pyridine rings is 1. The van der Waals surface area contributed by atoms with Gasteiger partial charge in [-0.1, -0.05) is 0 Å². The van der Waals surface area contributed by atoms with Crippen molar-refractivity contribution in [3.8, 4) is 0 Å². The van der Waals surface area contributed by atoms with Gasteiger partial charge in [-0.3, -0.25) is 9.78 Å². The average Bonchev–Trinajstić information content (AvgIpc) is 2.63. The van der Waals surface area contributed by atoms with Gasteiger partial charge >= 0.3 is 5.97 Å². The number of amides is 1. The number of anilines is 2. The van der Waals surface area contributed by atoms with Gasteiger partial charge < -0.3 is 15.0 Å². The molecule has 0 unspecified atom stereocenters. The van der Waals surface area contributed by atoms with E-state index >= 15 is 0 Å². The Morgan fingerprint density at radius 3 is 2.28 bits per heavy atom. The first kappa shape index (κ1) is 18.4. The molecule has 0 aliphatic carbocycles. The van der Waals surface area contributed by atoms with E-state index in [4.69, 9.17) is 4.74 Å². The van der Waals surface area contributed by atoms with Crippen LogP contribution in [0.15, 0.2) is 42.7 Å². The van der Waals surface area contributed by atoms with Crippen LogP contribution in [0.2, 0.25) is 0 Å². The highest BCUT2D eigenvalue weighted by Gasteiger charge is 2.13. The zero-order valence-electron chi connectivity index (χ0n) is 14.8. The van der Waals surface area contributed by atoms with Crippen molar-refractivity contribution in [1.82, 2.24) is 9.88 Å². The minimum absolute atomic E-state index is 0.0428. The number of benzene rings is 1. The Hall–Kier alpha value is -2.89. The molecule has 1 amide bonds. The molecule has 0 fully saturated rings. The molecule has 0 saturated carbocycles. The fraction of sp³-hybridized carbons (Fsp3) is 0.316. The molecule has 0 aliphatic heterocycles. The number of esters is 1. The Morgan fingerprint density at radius 2 is 1.68 bits per heavy atom. The number of ether oxygens (including phenoxy) is 1. The quantitative estimate of drug-likeness (QED) is 0.781. The summed E-state index contributed by atoms with van der Waals surface area (Å²) in [5.41, 5.74) is 2.54. The molecule has 1 aromatic heterocycles. The lowest BCUT2D eigenvalue weighted by molar-refractivity contribution is 0.0526. The summed E-state index contributed by atoms with van der Waals surface area (Å²) < 4.78 is 4.96. The first-order valence-electron chi connectivity index (χ1n) is 8.37. The van der Waals surface area contributed by atoms with Crippen LogP contribution in [0.1, 0.15) is 41.5 Å². The monoisotopic (exact) mass is 341 g/mol. The topological polar surface area (TPSA) is 71.5 Å². The summed E-state index contributed by atoms with van der Waals surface area (Å²) in [5.74, 6) is -0.388. The summed E-state index contributed by atoms with van der Waals surface area (Å²) in [6, 6.07) is 8.72. The van der Waals surface area contributed by atoms with Crippen LogP contribution in [0.4, 0.5) is 11.4 Å². The van der Waals surface area contributed by atoms with Gasteiger partial charge in [0, 0.05) is 25.0 Å². The van der Waals surface area contributed by atoms with Crippen molar-refractivity contribution in [1.29, 1.82) is 0 Å². The van der Waals surface area contributed by atoms with Gasteiger partial charge in [-0.05, 0) is 51.1 Å². The summed E-state index contributed by atoms with van der Waals surface area (Å²) in [5, 5.41) is 3.19. The van der Waals surface area contributed by atoms with Crippen molar-refractivity contribution < 1.29 is 14.3 Å². The van der Waals surface area contributed by atoms with E-state index in [2.05, 4.69) is 10.3 Å². The van der Waals surface area contributed by atoms with E-state index in [1.165, 1.54) is 0 Å². The molecule has 6 heteroatoms. The molecule has 0 spiro atoms. The first-order valence-corrected chi connectivity index (χ1v) is 8.37. The maximum absolute atomic E-state index is 12.4. The maximum atomic E-state index is 12.4. The van der Waals surface area contributed by atoms with Crippen LogP contribution in [-0.4, -0.2) is 41.5 Å². The number of carbonyl (C=O) groups is 2. The number of nitrogens with one attached hydrogen (secondary N) is 1. The van der Waals surface area contributed by atoms with Crippen molar-refractivity contribution in [2.75, 3.05) is 25.0 Å². The number of aromatic nitrogens is 1. The molecule has 1 N–H and O–H groups in total. The minimum atomic E-state index is -0.345. The normalized spacial score (nSPS) is 10.2. The second-order valence-corrected chi connectivity index (χ2v) is 5.36. The minimum Gasteiger partial charge on any atom is -0.462 e. The number of hydrogen-bond acceptors (Lipinski definition) is 5. The Kier molecular flexibility index (Phi) is 6.51. The average molecular weight is 341 g/mol.